The van der Waals surface area contributed by atoms with Gasteiger partial charge in [0.25, 0.3) is 5.91 Å². The van der Waals surface area contributed by atoms with Gasteiger partial charge >= 0.3 is 0 Å². The second-order valence-electron chi connectivity index (χ2n) is 6.52. The number of nitrogens with one attached hydrogen (secondary N) is 1. The molecule has 0 saturated carbocycles. The number of hydrogen-bond donors (Lipinski definition) is 1. The maximum absolute atomic E-state index is 12.5. The van der Waals surface area contributed by atoms with Gasteiger partial charge in [-0.25, -0.2) is 0 Å². The van der Waals surface area contributed by atoms with Crippen LogP contribution in [0.3, 0.4) is 0 Å². The van der Waals surface area contributed by atoms with E-state index in [1.165, 1.54) is 17.3 Å². The van der Waals surface area contributed by atoms with Crippen molar-refractivity contribution in [2.45, 2.75) is 18.4 Å². The summed E-state index contributed by atoms with van der Waals surface area (Å²) in [5.74, 6) is 0.636. The molecule has 1 aliphatic heterocycles. The summed E-state index contributed by atoms with van der Waals surface area (Å²) in [5, 5.41) is 2.95. The first kappa shape index (κ1) is 18.8. The first-order chi connectivity index (χ1) is 13.6. The molecule has 5 heteroatoms. The molecule has 0 unspecified atom stereocenters. The van der Waals surface area contributed by atoms with Crippen LogP contribution in [0.2, 0.25) is 0 Å². The van der Waals surface area contributed by atoms with Crippen LogP contribution in [0.1, 0.15) is 16.7 Å². The van der Waals surface area contributed by atoms with Crippen molar-refractivity contribution in [3.8, 4) is 5.75 Å². The molecule has 28 heavy (non-hydrogen) atoms. The standard InChI is InChI=1S/C23H18BrNO2S/c1-15-6-8-16(9-7-15)14-27-20-11-10-18(24)12-17(20)13-22-23(26)25-19-4-2-3-5-21(19)28-22/h2-13H,14H2,1H3,(H,25,26)/b22-13-. The number of carbonyl (C=O) groups excluding carboxylic acids is 1. The maximum Gasteiger partial charge on any atom is 0.262 e. The third kappa shape index (κ3) is 4.32. The van der Waals surface area contributed by atoms with Crippen molar-refractivity contribution in [3.63, 3.8) is 0 Å². The molecule has 0 aliphatic carbocycles. The van der Waals surface area contributed by atoms with Crippen LogP contribution < -0.4 is 10.1 Å². The number of ether oxygens (including phenoxy) is 1. The summed E-state index contributed by atoms with van der Waals surface area (Å²) >= 11 is 4.98. The Hall–Kier alpha value is -2.50. The fourth-order valence-electron chi connectivity index (χ4n) is 2.85. The Morgan fingerprint density at radius 2 is 1.86 bits per heavy atom. The second-order valence-corrected chi connectivity index (χ2v) is 8.52. The molecular formula is C23H18BrNO2S. The smallest absolute Gasteiger partial charge is 0.262 e. The molecule has 0 bridgehead atoms. The lowest BCUT2D eigenvalue weighted by molar-refractivity contribution is -0.112. The zero-order chi connectivity index (χ0) is 19.5. The minimum Gasteiger partial charge on any atom is -0.488 e. The fourth-order valence-corrected chi connectivity index (χ4v) is 4.17. The maximum atomic E-state index is 12.5. The minimum absolute atomic E-state index is 0.104. The van der Waals surface area contributed by atoms with Crippen LogP contribution in [-0.2, 0) is 11.4 Å². The van der Waals surface area contributed by atoms with E-state index in [9.17, 15) is 4.79 Å². The van der Waals surface area contributed by atoms with Crippen molar-refractivity contribution in [1.82, 2.24) is 0 Å². The van der Waals surface area contributed by atoms with Crippen LogP contribution in [0.4, 0.5) is 5.69 Å². The highest BCUT2D eigenvalue weighted by Crippen LogP contribution is 2.39. The van der Waals surface area contributed by atoms with E-state index >= 15 is 0 Å². The number of halogens is 1. The van der Waals surface area contributed by atoms with Gasteiger partial charge in [0.15, 0.2) is 0 Å². The Morgan fingerprint density at radius 3 is 2.68 bits per heavy atom. The topological polar surface area (TPSA) is 38.3 Å². The van der Waals surface area contributed by atoms with E-state index in [2.05, 4.69) is 52.4 Å². The second kappa shape index (κ2) is 8.25. The quantitative estimate of drug-likeness (QED) is 0.464. The van der Waals surface area contributed by atoms with E-state index in [1.807, 2.05) is 48.5 Å². The molecule has 3 aromatic carbocycles. The molecule has 140 valence electrons. The minimum atomic E-state index is -0.104. The van der Waals surface area contributed by atoms with Gasteiger partial charge in [-0.2, -0.15) is 0 Å². The van der Waals surface area contributed by atoms with Gasteiger partial charge in [0.2, 0.25) is 0 Å². The fraction of sp³-hybridized carbons (Fsp3) is 0.0870. The molecule has 0 spiro atoms. The van der Waals surface area contributed by atoms with Crippen LogP contribution in [0.25, 0.3) is 6.08 Å². The summed E-state index contributed by atoms with van der Waals surface area (Å²) in [4.78, 5) is 14.2. The molecule has 0 saturated heterocycles. The van der Waals surface area contributed by atoms with E-state index in [-0.39, 0.29) is 5.91 Å². The zero-order valence-corrected chi connectivity index (χ0v) is 17.6. The Kier molecular flexibility index (Phi) is 5.55. The predicted molar refractivity (Wildman–Crippen MR) is 119 cm³/mol. The lowest BCUT2D eigenvalue weighted by atomic mass is 10.1. The number of thioether (sulfide) groups is 1. The SMILES string of the molecule is Cc1ccc(COc2ccc(Br)cc2/C=C2\Sc3ccccc3NC2=O)cc1. The molecule has 3 aromatic rings. The summed E-state index contributed by atoms with van der Waals surface area (Å²) in [6, 6.07) is 21.9. The van der Waals surface area contributed by atoms with Crippen molar-refractivity contribution in [1.29, 1.82) is 0 Å². The van der Waals surface area contributed by atoms with Gasteiger partial charge < -0.3 is 10.1 Å². The molecule has 1 heterocycles. The molecule has 0 fully saturated rings. The number of benzene rings is 3. The lowest BCUT2D eigenvalue weighted by Crippen LogP contribution is -2.17. The van der Waals surface area contributed by atoms with Gasteiger partial charge in [0.05, 0.1) is 10.6 Å². The third-order valence-electron chi connectivity index (χ3n) is 4.35. The average molecular weight is 452 g/mol. The first-order valence-electron chi connectivity index (χ1n) is 8.86. The van der Waals surface area contributed by atoms with Gasteiger partial charge in [-0.15, -0.1) is 0 Å². The summed E-state index contributed by atoms with van der Waals surface area (Å²) < 4.78 is 6.99. The molecule has 4 rings (SSSR count). The van der Waals surface area contributed by atoms with Gasteiger partial charge in [0, 0.05) is 14.9 Å². The van der Waals surface area contributed by atoms with Crippen molar-refractivity contribution in [3.05, 3.63) is 92.8 Å². The molecule has 1 aliphatic rings. The normalized spacial score (nSPS) is 14.5. The summed E-state index contributed by atoms with van der Waals surface area (Å²) in [6.45, 7) is 2.54. The molecule has 0 radical (unpaired) electrons. The molecular weight excluding hydrogens is 434 g/mol. The zero-order valence-electron chi connectivity index (χ0n) is 15.2. The molecule has 1 N–H and O–H groups in total. The summed E-state index contributed by atoms with van der Waals surface area (Å²) in [7, 11) is 0. The number of hydrogen-bond acceptors (Lipinski definition) is 3. The Balaban J connectivity index is 1.60. The first-order valence-corrected chi connectivity index (χ1v) is 10.5. The van der Waals surface area contributed by atoms with Gasteiger partial charge in [-0.1, -0.05) is 69.7 Å². The Morgan fingerprint density at radius 1 is 1.07 bits per heavy atom. The highest BCUT2D eigenvalue weighted by Gasteiger charge is 2.21. The molecule has 0 atom stereocenters. The van der Waals surface area contributed by atoms with Gasteiger partial charge in [0.1, 0.15) is 12.4 Å². The lowest BCUT2D eigenvalue weighted by Gasteiger charge is -2.18. The van der Waals surface area contributed by atoms with Gasteiger partial charge in [-0.3, -0.25) is 4.79 Å². The van der Waals surface area contributed by atoms with Crippen LogP contribution in [0, 0.1) is 6.92 Å². The van der Waals surface area contributed by atoms with E-state index < -0.39 is 0 Å². The predicted octanol–water partition coefficient (Wildman–Crippen LogP) is 6.42. The Bertz CT molecular complexity index is 1060. The highest BCUT2D eigenvalue weighted by atomic mass is 79.9. The average Bonchev–Trinajstić information content (AvgIpc) is 2.69. The number of anilines is 1. The molecule has 0 aromatic heterocycles. The number of aryl methyl sites for hydroxylation is 1. The van der Waals surface area contributed by atoms with Crippen LogP contribution >= 0.6 is 27.7 Å². The number of fused-ring (bicyclic) bond motifs is 1. The van der Waals surface area contributed by atoms with E-state index in [1.54, 1.807) is 0 Å². The van der Waals surface area contributed by atoms with E-state index in [4.69, 9.17) is 4.74 Å². The van der Waals surface area contributed by atoms with Crippen molar-refractivity contribution in [2.75, 3.05) is 5.32 Å². The number of para-hydroxylation sites is 1. The largest absolute Gasteiger partial charge is 0.488 e. The monoisotopic (exact) mass is 451 g/mol. The number of carbonyl (C=O) groups is 1. The van der Waals surface area contributed by atoms with E-state index in [0.29, 0.717) is 11.5 Å². The molecule has 1 amide bonds. The third-order valence-corrected chi connectivity index (χ3v) is 5.94. The van der Waals surface area contributed by atoms with Crippen molar-refractivity contribution >= 4 is 45.4 Å². The number of amides is 1. The Labute approximate surface area is 176 Å². The van der Waals surface area contributed by atoms with Crippen molar-refractivity contribution < 1.29 is 9.53 Å². The number of rotatable bonds is 4. The van der Waals surface area contributed by atoms with Crippen molar-refractivity contribution in [2.24, 2.45) is 0 Å². The van der Waals surface area contributed by atoms with Gasteiger partial charge in [-0.05, 0) is 48.9 Å². The van der Waals surface area contributed by atoms with E-state index in [0.717, 1.165) is 31.9 Å². The van der Waals surface area contributed by atoms with Crippen LogP contribution in [0.5, 0.6) is 5.75 Å². The summed E-state index contributed by atoms with van der Waals surface area (Å²) in [6.07, 6.45) is 1.88. The highest BCUT2D eigenvalue weighted by molar-refractivity contribution is 9.10. The summed E-state index contributed by atoms with van der Waals surface area (Å²) in [5.41, 5.74) is 4.03. The van der Waals surface area contributed by atoms with Crippen LogP contribution in [0.15, 0.2) is 81.0 Å². The molecule has 3 nitrogen and oxygen atoms in total. The van der Waals surface area contributed by atoms with Crippen LogP contribution in [-0.4, -0.2) is 5.91 Å².